The van der Waals surface area contributed by atoms with Crippen LogP contribution < -0.4 is 0 Å². The molecule has 27 heavy (non-hydrogen) atoms. The summed E-state index contributed by atoms with van der Waals surface area (Å²) in [5.41, 5.74) is 0.0770. The Kier molecular flexibility index (Phi) is 4.92. The number of esters is 1. The standard InChI is InChI=1S/C16H12ClF3N4O3/c1-8-12(13(17)24(2)22-8)15(25)26-7-11-21-14(23-27-11)9-3-5-10(6-4-9)16(18,19)20/h3-6H,7H2,1-2H3. The van der Waals surface area contributed by atoms with Crippen LogP contribution in [0.2, 0.25) is 5.15 Å². The highest BCUT2D eigenvalue weighted by Crippen LogP contribution is 2.30. The Morgan fingerprint density at radius 3 is 2.52 bits per heavy atom. The molecule has 0 aliphatic carbocycles. The van der Waals surface area contributed by atoms with E-state index in [2.05, 4.69) is 15.2 Å². The van der Waals surface area contributed by atoms with E-state index in [0.29, 0.717) is 11.3 Å². The summed E-state index contributed by atoms with van der Waals surface area (Å²) in [6, 6.07) is 4.28. The molecular weight excluding hydrogens is 389 g/mol. The zero-order chi connectivity index (χ0) is 19.8. The lowest BCUT2D eigenvalue weighted by Gasteiger charge is -2.05. The summed E-state index contributed by atoms with van der Waals surface area (Å²) in [5.74, 6) is -0.652. The predicted molar refractivity (Wildman–Crippen MR) is 86.8 cm³/mol. The number of hydrogen-bond donors (Lipinski definition) is 0. The van der Waals surface area contributed by atoms with Crippen LogP contribution in [0.4, 0.5) is 13.2 Å². The second kappa shape index (κ2) is 7.03. The minimum absolute atomic E-state index is 0.0177. The third kappa shape index (κ3) is 3.95. The van der Waals surface area contributed by atoms with Crippen molar-refractivity contribution in [1.82, 2.24) is 19.9 Å². The maximum Gasteiger partial charge on any atom is 0.416 e. The molecular formula is C16H12ClF3N4O3. The Morgan fingerprint density at radius 2 is 1.96 bits per heavy atom. The summed E-state index contributed by atoms with van der Waals surface area (Å²) in [6.45, 7) is 1.29. The van der Waals surface area contributed by atoms with E-state index < -0.39 is 17.7 Å². The van der Waals surface area contributed by atoms with Crippen LogP contribution in [0, 0.1) is 6.92 Å². The number of nitrogens with zero attached hydrogens (tertiary/aromatic N) is 4. The topological polar surface area (TPSA) is 83.0 Å². The van der Waals surface area contributed by atoms with Gasteiger partial charge in [-0.25, -0.2) is 4.79 Å². The van der Waals surface area contributed by atoms with Gasteiger partial charge in [-0.2, -0.15) is 23.3 Å². The monoisotopic (exact) mass is 400 g/mol. The summed E-state index contributed by atoms with van der Waals surface area (Å²) in [4.78, 5) is 16.1. The summed E-state index contributed by atoms with van der Waals surface area (Å²) in [5, 5.41) is 7.81. The van der Waals surface area contributed by atoms with Gasteiger partial charge >= 0.3 is 12.1 Å². The lowest BCUT2D eigenvalue weighted by molar-refractivity contribution is -0.137. The lowest BCUT2D eigenvalue weighted by Crippen LogP contribution is -2.07. The molecule has 0 atom stereocenters. The second-order valence-corrected chi connectivity index (χ2v) is 5.90. The number of rotatable bonds is 4. The minimum atomic E-state index is -4.43. The number of alkyl halides is 3. The van der Waals surface area contributed by atoms with Gasteiger partial charge in [0, 0.05) is 12.6 Å². The summed E-state index contributed by atoms with van der Waals surface area (Å²) in [7, 11) is 1.58. The number of hydrogen-bond acceptors (Lipinski definition) is 6. The van der Waals surface area contributed by atoms with Crippen LogP contribution in [0.3, 0.4) is 0 Å². The van der Waals surface area contributed by atoms with Gasteiger partial charge in [-0.3, -0.25) is 4.68 Å². The molecule has 0 aliphatic rings. The quantitative estimate of drug-likeness (QED) is 0.619. The van der Waals surface area contributed by atoms with Gasteiger partial charge in [0.1, 0.15) is 10.7 Å². The molecule has 7 nitrogen and oxygen atoms in total. The Bertz CT molecular complexity index is 980. The number of benzene rings is 1. The van der Waals surface area contributed by atoms with E-state index in [4.69, 9.17) is 20.9 Å². The van der Waals surface area contributed by atoms with Crippen molar-refractivity contribution < 1.29 is 27.2 Å². The molecule has 0 saturated carbocycles. The molecule has 142 valence electrons. The highest BCUT2D eigenvalue weighted by atomic mass is 35.5. The first-order chi connectivity index (χ1) is 12.7. The van der Waals surface area contributed by atoms with Gasteiger partial charge in [0.15, 0.2) is 6.61 Å². The molecule has 0 N–H and O–H groups in total. The third-order valence-corrected chi connectivity index (χ3v) is 4.06. The van der Waals surface area contributed by atoms with Crippen molar-refractivity contribution in [2.45, 2.75) is 19.7 Å². The molecule has 0 bridgehead atoms. The van der Waals surface area contributed by atoms with Crippen LogP contribution in [0.15, 0.2) is 28.8 Å². The smallest absolute Gasteiger partial charge is 0.416 e. The van der Waals surface area contributed by atoms with Crippen molar-refractivity contribution in [3.05, 3.63) is 52.1 Å². The summed E-state index contributed by atoms with van der Waals surface area (Å²) in [6.07, 6.45) is -4.43. The van der Waals surface area contributed by atoms with Crippen molar-refractivity contribution >= 4 is 17.6 Å². The first kappa shape index (κ1) is 18.9. The zero-order valence-electron chi connectivity index (χ0n) is 14.0. The van der Waals surface area contributed by atoms with Crippen LogP contribution in [-0.2, 0) is 24.6 Å². The van der Waals surface area contributed by atoms with E-state index in [1.54, 1.807) is 14.0 Å². The maximum absolute atomic E-state index is 12.6. The molecule has 0 aliphatic heterocycles. The average molecular weight is 401 g/mol. The van der Waals surface area contributed by atoms with E-state index in [9.17, 15) is 18.0 Å². The highest BCUT2D eigenvalue weighted by molar-refractivity contribution is 6.32. The van der Waals surface area contributed by atoms with Crippen molar-refractivity contribution in [3.8, 4) is 11.4 Å². The molecule has 0 saturated heterocycles. The number of aryl methyl sites for hydroxylation is 2. The maximum atomic E-state index is 12.6. The molecule has 0 radical (unpaired) electrons. The number of aromatic nitrogens is 4. The fraction of sp³-hybridized carbons (Fsp3) is 0.250. The van der Waals surface area contributed by atoms with Crippen LogP contribution >= 0.6 is 11.6 Å². The molecule has 0 fully saturated rings. The van der Waals surface area contributed by atoms with Gasteiger partial charge in [-0.15, -0.1) is 0 Å². The first-order valence-electron chi connectivity index (χ1n) is 7.53. The third-order valence-electron chi connectivity index (χ3n) is 3.62. The molecule has 0 unspecified atom stereocenters. The average Bonchev–Trinajstić information content (AvgIpc) is 3.17. The van der Waals surface area contributed by atoms with Crippen LogP contribution in [0.5, 0.6) is 0 Å². The van der Waals surface area contributed by atoms with E-state index >= 15 is 0 Å². The SMILES string of the molecule is Cc1nn(C)c(Cl)c1C(=O)OCc1nc(-c2ccc(C(F)(F)F)cc2)no1. The van der Waals surface area contributed by atoms with Gasteiger partial charge < -0.3 is 9.26 Å². The molecule has 2 heterocycles. The van der Waals surface area contributed by atoms with Crippen molar-refractivity contribution in [2.75, 3.05) is 0 Å². The van der Waals surface area contributed by atoms with E-state index in [-0.39, 0.29) is 29.0 Å². The number of halogens is 4. The lowest BCUT2D eigenvalue weighted by atomic mass is 10.1. The number of carbonyl (C=O) groups is 1. The molecule has 3 rings (SSSR count). The molecule has 2 aromatic heterocycles. The largest absolute Gasteiger partial charge is 0.452 e. The molecule has 0 amide bonds. The van der Waals surface area contributed by atoms with E-state index in [1.807, 2.05) is 0 Å². The predicted octanol–water partition coefficient (Wildman–Crippen LogP) is 3.81. The van der Waals surface area contributed by atoms with Gasteiger partial charge in [0.25, 0.3) is 5.89 Å². The Hall–Kier alpha value is -2.88. The highest BCUT2D eigenvalue weighted by Gasteiger charge is 2.30. The van der Waals surface area contributed by atoms with Crippen LogP contribution in [0.1, 0.15) is 27.5 Å². The van der Waals surface area contributed by atoms with Crippen LogP contribution in [0.25, 0.3) is 11.4 Å². The van der Waals surface area contributed by atoms with Gasteiger partial charge in [0.2, 0.25) is 5.82 Å². The number of carbonyl (C=O) groups excluding carboxylic acids is 1. The fourth-order valence-corrected chi connectivity index (χ4v) is 2.55. The van der Waals surface area contributed by atoms with Crippen molar-refractivity contribution in [3.63, 3.8) is 0 Å². The molecule has 0 spiro atoms. The van der Waals surface area contributed by atoms with E-state index in [0.717, 1.165) is 12.1 Å². The summed E-state index contributed by atoms with van der Waals surface area (Å²) >= 11 is 5.99. The molecule has 1 aromatic carbocycles. The Labute approximate surface area is 155 Å². The molecule has 11 heteroatoms. The normalized spacial score (nSPS) is 11.6. The molecule has 3 aromatic rings. The van der Waals surface area contributed by atoms with Crippen molar-refractivity contribution in [1.29, 1.82) is 0 Å². The van der Waals surface area contributed by atoms with Gasteiger partial charge in [0.05, 0.1) is 11.3 Å². The van der Waals surface area contributed by atoms with Crippen molar-refractivity contribution in [2.24, 2.45) is 7.05 Å². The van der Waals surface area contributed by atoms with E-state index in [1.165, 1.54) is 16.8 Å². The number of ether oxygens (including phenoxy) is 1. The summed E-state index contributed by atoms with van der Waals surface area (Å²) < 4.78 is 49.1. The van der Waals surface area contributed by atoms with Gasteiger partial charge in [-0.05, 0) is 19.1 Å². The van der Waals surface area contributed by atoms with Gasteiger partial charge in [-0.1, -0.05) is 28.9 Å². The zero-order valence-corrected chi connectivity index (χ0v) is 14.8. The Balaban J connectivity index is 1.68. The Morgan fingerprint density at radius 1 is 1.30 bits per heavy atom. The minimum Gasteiger partial charge on any atom is -0.452 e. The fourth-order valence-electron chi connectivity index (χ4n) is 2.30. The first-order valence-corrected chi connectivity index (χ1v) is 7.91. The second-order valence-electron chi connectivity index (χ2n) is 5.54. The van der Waals surface area contributed by atoms with Crippen LogP contribution in [-0.4, -0.2) is 25.9 Å².